The van der Waals surface area contributed by atoms with Gasteiger partial charge >= 0.3 is 0 Å². The van der Waals surface area contributed by atoms with Gasteiger partial charge in [-0.1, -0.05) is 67.9 Å². The number of benzene rings is 3. The molecule has 218 valence electrons. The van der Waals surface area contributed by atoms with Gasteiger partial charge in [-0.15, -0.1) is 11.8 Å². The number of amides is 2. The third kappa shape index (κ3) is 9.43. The molecule has 4 rings (SSSR count). The summed E-state index contributed by atoms with van der Waals surface area (Å²) in [5, 5.41) is 15.2. The zero-order valence-corrected chi connectivity index (χ0v) is 24.6. The van der Waals surface area contributed by atoms with E-state index in [0.717, 1.165) is 47.4 Å². The largest absolute Gasteiger partial charge is 0.392 e. The van der Waals surface area contributed by atoms with Gasteiger partial charge < -0.3 is 25.2 Å². The van der Waals surface area contributed by atoms with E-state index in [1.54, 1.807) is 11.8 Å². The molecule has 3 aromatic carbocycles. The number of hydrogen-bond acceptors (Lipinski definition) is 6. The summed E-state index contributed by atoms with van der Waals surface area (Å²) in [6, 6.07) is 25.9. The van der Waals surface area contributed by atoms with Crippen LogP contribution < -0.4 is 10.6 Å². The SMILES string of the molecule is CC(=O)NCCCCCC(=O)Nc1ccc([C@@H]2O[C@H](CSc3ccccc3)[C@H](C)[C@H](c3ccc(CO)cc3)O2)cc1. The van der Waals surface area contributed by atoms with Crippen LogP contribution in [0.2, 0.25) is 0 Å². The monoisotopic (exact) mass is 576 g/mol. The van der Waals surface area contributed by atoms with Gasteiger partial charge in [-0.3, -0.25) is 9.59 Å². The minimum atomic E-state index is -0.552. The first-order chi connectivity index (χ1) is 19.9. The molecule has 1 fully saturated rings. The number of hydrogen-bond donors (Lipinski definition) is 3. The van der Waals surface area contributed by atoms with Crippen LogP contribution in [-0.4, -0.2) is 35.3 Å². The van der Waals surface area contributed by atoms with Crippen LogP contribution in [0.1, 0.15) is 68.6 Å². The van der Waals surface area contributed by atoms with Gasteiger partial charge in [-0.25, -0.2) is 0 Å². The molecule has 7 nitrogen and oxygen atoms in total. The molecule has 8 heteroatoms. The Morgan fingerprint density at radius 3 is 2.27 bits per heavy atom. The Balaban J connectivity index is 1.39. The molecular weight excluding hydrogens is 536 g/mol. The Morgan fingerprint density at radius 2 is 1.59 bits per heavy atom. The van der Waals surface area contributed by atoms with Crippen LogP contribution in [0, 0.1) is 5.92 Å². The Bertz CT molecular complexity index is 1240. The molecule has 1 heterocycles. The van der Waals surface area contributed by atoms with Gasteiger partial charge in [-0.2, -0.15) is 0 Å². The van der Waals surface area contributed by atoms with Crippen molar-refractivity contribution in [2.75, 3.05) is 17.6 Å². The van der Waals surface area contributed by atoms with Gasteiger partial charge in [0, 0.05) is 47.7 Å². The molecular formula is C33H40N2O5S. The van der Waals surface area contributed by atoms with Gasteiger partial charge in [-0.05, 0) is 48.2 Å². The summed E-state index contributed by atoms with van der Waals surface area (Å²) in [6.45, 7) is 4.31. The minimum absolute atomic E-state index is 0.00489. The van der Waals surface area contributed by atoms with Gasteiger partial charge in [0.1, 0.15) is 0 Å². The number of unbranched alkanes of at least 4 members (excludes halogenated alkanes) is 2. The number of anilines is 1. The quantitative estimate of drug-likeness (QED) is 0.161. The van der Waals surface area contributed by atoms with Crippen molar-refractivity contribution >= 4 is 29.3 Å². The predicted molar refractivity (Wildman–Crippen MR) is 162 cm³/mol. The Kier molecular flexibility index (Phi) is 11.8. The summed E-state index contributed by atoms with van der Waals surface area (Å²) in [7, 11) is 0. The topological polar surface area (TPSA) is 96.9 Å². The molecule has 0 saturated carbocycles. The van der Waals surface area contributed by atoms with Crippen LogP contribution in [0.5, 0.6) is 0 Å². The maximum Gasteiger partial charge on any atom is 0.224 e. The lowest BCUT2D eigenvalue weighted by Crippen LogP contribution is -2.38. The van der Waals surface area contributed by atoms with Crippen molar-refractivity contribution in [1.82, 2.24) is 5.32 Å². The fourth-order valence-electron chi connectivity index (χ4n) is 4.80. The number of carbonyl (C=O) groups excluding carboxylic acids is 2. The summed E-state index contributed by atoms with van der Waals surface area (Å²) in [5.41, 5.74) is 3.54. The van der Waals surface area contributed by atoms with E-state index in [-0.39, 0.29) is 36.5 Å². The number of nitrogens with one attached hydrogen (secondary N) is 2. The molecule has 4 atom stereocenters. The van der Waals surface area contributed by atoms with E-state index in [9.17, 15) is 14.7 Å². The van der Waals surface area contributed by atoms with E-state index in [1.165, 1.54) is 11.8 Å². The maximum absolute atomic E-state index is 12.4. The Hall–Kier alpha value is -3.17. The zero-order chi connectivity index (χ0) is 29.0. The highest BCUT2D eigenvalue weighted by atomic mass is 32.2. The van der Waals surface area contributed by atoms with Crippen molar-refractivity contribution in [3.8, 4) is 0 Å². The van der Waals surface area contributed by atoms with E-state index in [2.05, 4.69) is 29.7 Å². The van der Waals surface area contributed by atoms with E-state index in [1.807, 2.05) is 66.7 Å². The first kappa shape index (κ1) is 30.8. The number of aliphatic hydroxyl groups excluding tert-OH is 1. The summed E-state index contributed by atoms with van der Waals surface area (Å²) in [5.74, 6) is 0.841. The highest BCUT2D eigenvalue weighted by Crippen LogP contribution is 2.43. The number of ether oxygens (including phenoxy) is 2. The third-order valence-electron chi connectivity index (χ3n) is 7.20. The second-order valence-corrected chi connectivity index (χ2v) is 11.5. The van der Waals surface area contributed by atoms with Crippen molar-refractivity contribution in [2.45, 2.75) is 69.5 Å². The van der Waals surface area contributed by atoms with E-state index in [4.69, 9.17) is 9.47 Å². The Labute approximate surface area is 247 Å². The highest BCUT2D eigenvalue weighted by molar-refractivity contribution is 7.99. The number of carbonyl (C=O) groups is 2. The molecule has 3 N–H and O–H groups in total. The number of rotatable bonds is 13. The van der Waals surface area contributed by atoms with Crippen molar-refractivity contribution in [1.29, 1.82) is 0 Å². The number of thioether (sulfide) groups is 1. The normalized spacial score (nSPS) is 20.4. The summed E-state index contributed by atoms with van der Waals surface area (Å²) < 4.78 is 13.1. The van der Waals surface area contributed by atoms with Gasteiger partial charge in [0.15, 0.2) is 6.29 Å². The summed E-state index contributed by atoms with van der Waals surface area (Å²) in [6.07, 6.45) is 2.18. The molecule has 0 unspecified atom stereocenters. The van der Waals surface area contributed by atoms with Crippen molar-refractivity contribution < 1.29 is 24.2 Å². The second kappa shape index (κ2) is 15.7. The Morgan fingerprint density at radius 1 is 0.878 bits per heavy atom. The molecule has 1 aliphatic heterocycles. The molecule has 0 spiro atoms. The zero-order valence-electron chi connectivity index (χ0n) is 23.8. The van der Waals surface area contributed by atoms with Gasteiger partial charge in [0.05, 0.1) is 18.8 Å². The number of aliphatic hydroxyl groups is 1. The lowest BCUT2D eigenvalue weighted by atomic mass is 9.91. The first-order valence-electron chi connectivity index (χ1n) is 14.3. The molecule has 0 radical (unpaired) electrons. The van der Waals surface area contributed by atoms with E-state index in [0.29, 0.717) is 13.0 Å². The summed E-state index contributed by atoms with van der Waals surface area (Å²) >= 11 is 1.77. The predicted octanol–water partition coefficient (Wildman–Crippen LogP) is 6.40. The molecule has 0 bridgehead atoms. The highest BCUT2D eigenvalue weighted by Gasteiger charge is 2.38. The van der Waals surface area contributed by atoms with Crippen molar-refractivity contribution in [3.05, 3.63) is 95.6 Å². The molecule has 0 aromatic heterocycles. The first-order valence-corrected chi connectivity index (χ1v) is 15.2. The molecule has 1 saturated heterocycles. The second-order valence-electron chi connectivity index (χ2n) is 10.4. The van der Waals surface area contributed by atoms with Crippen LogP contribution in [-0.2, 0) is 25.7 Å². The lowest BCUT2D eigenvalue weighted by molar-refractivity contribution is -0.268. The smallest absolute Gasteiger partial charge is 0.224 e. The van der Waals surface area contributed by atoms with Crippen LogP contribution in [0.3, 0.4) is 0 Å². The fourth-order valence-corrected chi connectivity index (χ4v) is 5.89. The van der Waals surface area contributed by atoms with Crippen LogP contribution >= 0.6 is 11.8 Å². The third-order valence-corrected chi connectivity index (χ3v) is 8.30. The molecule has 0 aliphatic carbocycles. The van der Waals surface area contributed by atoms with Crippen LogP contribution in [0.4, 0.5) is 5.69 Å². The molecule has 2 amide bonds. The minimum Gasteiger partial charge on any atom is -0.392 e. The molecule has 41 heavy (non-hydrogen) atoms. The van der Waals surface area contributed by atoms with Crippen LogP contribution in [0.25, 0.3) is 0 Å². The lowest BCUT2D eigenvalue weighted by Gasteiger charge is -2.41. The van der Waals surface area contributed by atoms with Crippen LogP contribution in [0.15, 0.2) is 83.8 Å². The van der Waals surface area contributed by atoms with Gasteiger partial charge in [0.25, 0.3) is 0 Å². The standard InChI is InChI=1S/C33H40N2O5S/c1-23-30(22-41-29-9-5-3-6-10-29)39-33(40-32(23)26-14-12-25(21-36)13-15-26)27-16-18-28(19-17-27)35-31(38)11-7-4-8-20-34-24(2)37/h3,5-6,9-10,12-19,23,30,32-33,36H,4,7-8,11,20-22H2,1-2H3,(H,34,37)(H,35,38)/t23-,30+,32+,33+/m0/s1. The van der Waals surface area contributed by atoms with Crippen molar-refractivity contribution in [2.24, 2.45) is 5.92 Å². The summed E-state index contributed by atoms with van der Waals surface area (Å²) in [4.78, 5) is 24.5. The molecule has 3 aromatic rings. The van der Waals surface area contributed by atoms with E-state index >= 15 is 0 Å². The fraction of sp³-hybridized carbons (Fsp3) is 0.394. The maximum atomic E-state index is 12.4. The average Bonchev–Trinajstić information content (AvgIpc) is 2.99. The van der Waals surface area contributed by atoms with Gasteiger partial charge in [0.2, 0.25) is 11.8 Å². The van der Waals surface area contributed by atoms with E-state index < -0.39 is 6.29 Å². The average molecular weight is 577 g/mol. The van der Waals surface area contributed by atoms with Crippen molar-refractivity contribution in [3.63, 3.8) is 0 Å². The molecule has 1 aliphatic rings.